The Bertz CT molecular complexity index is 477. The van der Waals surface area contributed by atoms with Crippen LogP contribution in [0.3, 0.4) is 0 Å². The summed E-state index contributed by atoms with van der Waals surface area (Å²) in [4.78, 5) is 12.6. The molecular weight excluding hydrogens is 277 g/mol. The minimum Gasteiger partial charge on any atom is -0.313 e. The van der Waals surface area contributed by atoms with Crippen molar-refractivity contribution in [3.05, 3.63) is 34.1 Å². The van der Waals surface area contributed by atoms with Gasteiger partial charge in [0.2, 0.25) is 0 Å². The molecule has 1 aliphatic rings. The molecule has 1 aromatic carbocycles. The van der Waals surface area contributed by atoms with Crippen LogP contribution in [0.2, 0.25) is 0 Å². The van der Waals surface area contributed by atoms with Gasteiger partial charge in [-0.3, -0.25) is 10.7 Å². The van der Waals surface area contributed by atoms with E-state index in [0.717, 1.165) is 0 Å². The maximum absolute atomic E-state index is 13.6. The quantitative estimate of drug-likeness (QED) is 0.817. The molecule has 16 heavy (non-hydrogen) atoms. The highest BCUT2D eigenvalue weighted by atomic mass is 79.9. The molecular formula is C10H9BrFN3O. The highest BCUT2D eigenvalue weighted by molar-refractivity contribution is 9.10. The molecule has 1 aromatic rings. The van der Waals surface area contributed by atoms with Gasteiger partial charge in [0.1, 0.15) is 17.7 Å². The summed E-state index contributed by atoms with van der Waals surface area (Å²) < 4.78 is 14.3. The zero-order valence-electron chi connectivity index (χ0n) is 8.42. The van der Waals surface area contributed by atoms with Crippen molar-refractivity contribution in [3.63, 3.8) is 0 Å². The smallest absolute Gasteiger partial charge is 0.313 e. The lowest BCUT2D eigenvalue weighted by Crippen LogP contribution is -2.25. The predicted octanol–water partition coefficient (Wildman–Crippen LogP) is 2.26. The predicted molar refractivity (Wildman–Crippen MR) is 60.9 cm³/mol. The first-order chi connectivity index (χ1) is 7.50. The van der Waals surface area contributed by atoms with Gasteiger partial charge in [0.25, 0.3) is 0 Å². The minimum atomic E-state index is -0.676. The number of hydrogen-bond donors (Lipinski definition) is 2. The molecule has 0 saturated carbocycles. The molecule has 2 N–H and O–H groups in total. The van der Waals surface area contributed by atoms with Gasteiger partial charge in [0.15, 0.2) is 0 Å². The Morgan fingerprint density at radius 2 is 2.25 bits per heavy atom. The first-order valence-electron chi connectivity index (χ1n) is 4.58. The molecule has 2 amide bonds. The van der Waals surface area contributed by atoms with Crippen LogP contribution >= 0.6 is 15.9 Å². The number of halogens is 2. The van der Waals surface area contributed by atoms with Gasteiger partial charge in [-0.05, 0) is 18.2 Å². The summed E-state index contributed by atoms with van der Waals surface area (Å²) in [5.74, 6) is -0.439. The third-order valence-corrected chi connectivity index (χ3v) is 2.97. The van der Waals surface area contributed by atoms with Crippen LogP contribution in [0.15, 0.2) is 22.7 Å². The Balaban J connectivity index is 2.48. The Hall–Kier alpha value is -1.43. The number of amides is 2. The summed E-state index contributed by atoms with van der Waals surface area (Å²) in [5.41, 5.74) is 0.306. The zero-order chi connectivity index (χ0) is 11.9. The van der Waals surface area contributed by atoms with Gasteiger partial charge in [-0.1, -0.05) is 15.9 Å². The van der Waals surface area contributed by atoms with Crippen molar-refractivity contribution in [3.8, 4) is 0 Å². The van der Waals surface area contributed by atoms with Gasteiger partial charge < -0.3 is 4.90 Å². The van der Waals surface area contributed by atoms with Gasteiger partial charge in [-0.15, -0.1) is 0 Å². The normalized spacial score (nSPS) is 20.2. The van der Waals surface area contributed by atoms with Crippen LogP contribution in [0.5, 0.6) is 0 Å². The molecule has 0 aliphatic carbocycles. The van der Waals surface area contributed by atoms with E-state index in [-0.39, 0.29) is 5.84 Å². The molecule has 1 unspecified atom stereocenters. The summed E-state index contributed by atoms with van der Waals surface area (Å²) in [7, 11) is 1.53. The number of carbonyl (C=O) groups is 1. The van der Waals surface area contributed by atoms with Crippen LogP contribution in [0.4, 0.5) is 9.18 Å². The number of carbonyl (C=O) groups excluding carboxylic acids is 1. The molecule has 1 aliphatic heterocycles. The van der Waals surface area contributed by atoms with Gasteiger partial charge in [-0.25, -0.2) is 9.18 Å². The molecule has 2 rings (SSSR count). The molecule has 1 heterocycles. The standard InChI is InChI=1S/C10H9BrFN3O/c1-15-8(9(13)14-10(15)16)6-4-5(11)2-3-7(6)12/h2-4,8H,1H3,(H2,13,14,16). The Morgan fingerprint density at radius 3 is 2.81 bits per heavy atom. The first kappa shape index (κ1) is 11.1. The lowest BCUT2D eigenvalue weighted by atomic mass is 10.1. The lowest BCUT2D eigenvalue weighted by molar-refractivity contribution is 0.217. The zero-order valence-corrected chi connectivity index (χ0v) is 10.0. The number of rotatable bonds is 1. The second kappa shape index (κ2) is 3.86. The van der Waals surface area contributed by atoms with E-state index in [1.54, 1.807) is 12.1 Å². The summed E-state index contributed by atoms with van der Waals surface area (Å²) in [6, 6.07) is 3.39. The van der Waals surface area contributed by atoms with Gasteiger partial charge >= 0.3 is 6.03 Å². The van der Waals surface area contributed by atoms with Crippen molar-refractivity contribution in [2.24, 2.45) is 0 Å². The number of likely N-dealkylation sites (N-methyl/N-ethyl adjacent to an activating group) is 1. The molecule has 6 heteroatoms. The Kier molecular flexibility index (Phi) is 2.67. The average molecular weight is 286 g/mol. The van der Waals surface area contributed by atoms with E-state index < -0.39 is 17.9 Å². The molecule has 0 spiro atoms. The van der Waals surface area contributed by atoms with Crippen LogP contribution in [0.25, 0.3) is 0 Å². The topological polar surface area (TPSA) is 56.2 Å². The number of amidine groups is 1. The maximum Gasteiger partial charge on any atom is 0.323 e. The summed E-state index contributed by atoms with van der Waals surface area (Å²) in [5, 5.41) is 9.97. The van der Waals surface area contributed by atoms with Crippen LogP contribution in [-0.4, -0.2) is 23.8 Å². The van der Waals surface area contributed by atoms with E-state index in [1.165, 1.54) is 18.0 Å². The summed E-state index contributed by atoms with van der Waals surface area (Å²) >= 11 is 3.24. The number of benzene rings is 1. The van der Waals surface area contributed by atoms with Crippen LogP contribution < -0.4 is 5.32 Å². The van der Waals surface area contributed by atoms with Crippen molar-refractivity contribution >= 4 is 27.8 Å². The molecule has 1 fully saturated rings. The number of nitrogens with zero attached hydrogens (tertiary/aromatic N) is 1. The second-order valence-corrected chi connectivity index (χ2v) is 4.44. The fraction of sp³-hybridized carbons (Fsp3) is 0.200. The lowest BCUT2D eigenvalue weighted by Gasteiger charge is -2.18. The number of hydrogen-bond acceptors (Lipinski definition) is 2. The van der Waals surface area contributed by atoms with E-state index in [0.29, 0.717) is 10.0 Å². The Morgan fingerprint density at radius 1 is 1.56 bits per heavy atom. The van der Waals surface area contributed by atoms with Crippen LogP contribution in [0, 0.1) is 11.2 Å². The van der Waals surface area contributed by atoms with Gasteiger partial charge in [0, 0.05) is 17.1 Å². The largest absolute Gasteiger partial charge is 0.323 e. The Labute approximate surface area is 100 Å². The SMILES string of the molecule is CN1C(=O)NC(=N)C1c1cc(Br)ccc1F. The third-order valence-electron chi connectivity index (χ3n) is 2.48. The number of urea groups is 1. The molecule has 0 bridgehead atoms. The summed E-state index contributed by atoms with van der Waals surface area (Å²) in [6.45, 7) is 0. The fourth-order valence-corrected chi connectivity index (χ4v) is 2.05. The monoisotopic (exact) mass is 285 g/mol. The van der Waals surface area contributed by atoms with Gasteiger partial charge in [0.05, 0.1) is 0 Å². The van der Waals surface area contributed by atoms with E-state index in [4.69, 9.17) is 5.41 Å². The van der Waals surface area contributed by atoms with E-state index >= 15 is 0 Å². The van der Waals surface area contributed by atoms with E-state index in [2.05, 4.69) is 21.2 Å². The fourth-order valence-electron chi connectivity index (χ4n) is 1.67. The molecule has 84 valence electrons. The third kappa shape index (κ3) is 1.69. The summed E-state index contributed by atoms with van der Waals surface area (Å²) in [6.07, 6.45) is 0. The molecule has 0 aromatic heterocycles. The van der Waals surface area contributed by atoms with Crippen LogP contribution in [-0.2, 0) is 0 Å². The molecule has 1 atom stereocenters. The minimum absolute atomic E-state index is 0.00972. The van der Waals surface area contributed by atoms with Gasteiger partial charge in [-0.2, -0.15) is 0 Å². The van der Waals surface area contributed by atoms with Crippen molar-refractivity contribution in [1.82, 2.24) is 10.2 Å². The molecule has 1 saturated heterocycles. The van der Waals surface area contributed by atoms with Crippen molar-refractivity contribution in [1.29, 1.82) is 5.41 Å². The van der Waals surface area contributed by atoms with E-state index in [9.17, 15) is 9.18 Å². The van der Waals surface area contributed by atoms with Crippen molar-refractivity contribution < 1.29 is 9.18 Å². The van der Waals surface area contributed by atoms with Crippen molar-refractivity contribution in [2.75, 3.05) is 7.05 Å². The van der Waals surface area contributed by atoms with E-state index in [1.807, 2.05) is 0 Å². The molecule has 0 radical (unpaired) electrons. The average Bonchev–Trinajstić information content (AvgIpc) is 2.46. The first-order valence-corrected chi connectivity index (χ1v) is 5.37. The maximum atomic E-state index is 13.6. The molecule has 4 nitrogen and oxygen atoms in total. The highest BCUT2D eigenvalue weighted by Gasteiger charge is 2.35. The highest BCUT2D eigenvalue weighted by Crippen LogP contribution is 2.28. The van der Waals surface area contributed by atoms with Crippen molar-refractivity contribution in [2.45, 2.75) is 6.04 Å². The van der Waals surface area contributed by atoms with Crippen LogP contribution in [0.1, 0.15) is 11.6 Å². The second-order valence-electron chi connectivity index (χ2n) is 3.52. The number of nitrogens with one attached hydrogen (secondary N) is 2.